The van der Waals surface area contributed by atoms with E-state index in [1.165, 1.54) is 27.0 Å². The van der Waals surface area contributed by atoms with Crippen LogP contribution < -0.4 is 20.1 Å². The maximum absolute atomic E-state index is 13.4. The van der Waals surface area contributed by atoms with Gasteiger partial charge in [0.05, 0.1) is 12.7 Å². The quantitative estimate of drug-likeness (QED) is 0.0545. The van der Waals surface area contributed by atoms with E-state index in [1.807, 2.05) is 6.07 Å². The van der Waals surface area contributed by atoms with Gasteiger partial charge in [-0.3, -0.25) is 9.59 Å². The highest BCUT2D eigenvalue weighted by Gasteiger charge is 2.31. The van der Waals surface area contributed by atoms with Gasteiger partial charge in [-0.15, -0.1) is 0 Å². The molecular formula is C42H52N2O13. The largest absolute Gasteiger partial charge is 0.467 e. The van der Waals surface area contributed by atoms with E-state index in [2.05, 4.69) is 10.6 Å². The predicted octanol–water partition coefficient (Wildman–Crippen LogP) is 6.25. The zero-order valence-corrected chi connectivity index (χ0v) is 34.1. The minimum atomic E-state index is -1.27. The van der Waals surface area contributed by atoms with Crippen LogP contribution in [0.3, 0.4) is 0 Å². The Morgan fingerprint density at radius 3 is 1.84 bits per heavy atom. The molecule has 15 nitrogen and oxygen atoms in total. The number of methoxy groups -OCH3 is 2. The molecule has 0 unspecified atom stereocenters. The average molecular weight is 793 g/mol. The Morgan fingerprint density at radius 1 is 0.667 bits per heavy atom. The summed E-state index contributed by atoms with van der Waals surface area (Å²) in [6, 6.07) is 14.4. The molecule has 0 heterocycles. The van der Waals surface area contributed by atoms with Gasteiger partial charge < -0.3 is 43.8 Å². The number of carbonyl (C=O) groups excluding carboxylic acids is 6. The molecule has 15 heteroatoms. The average Bonchev–Trinajstić information content (AvgIpc) is 3.11. The molecule has 0 aliphatic heterocycles. The second-order valence-electron chi connectivity index (χ2n) is 15.0. The van der Waals surface area contributed by atoms with Crippen LogP contribution in [0.4, 0.5) is 9.59 Å². The summed E-state index contributed by atoms with van der Waals surface area (Å²) in [7, 11) is 2.58. The number of alkyl carbamates (subject to hydrolysis) is 2. The smallest absolute Gasteiger partial charge is 0.408 e. The van der Waals surface area contributed by atoms with Crippen molar-refractivity contribution in [1.82, 2.24) is 10.6 Å². The topological polar surface area (TPSA) is 191 Å². The van der Waals surface area contributed by atoms with Crippen molar-refractivity contribution in [3.63, 3.8) is 0 Å². The van der Waals surface area contributed by atoms with E-state index in [4.69, 9.17) is 33.2 Å². The number of benzene rings is 3. The molecule has 2 N–H and O–H groups in total. The van der Waals surface area contributed by atoms with Crippen LogP contribution in [0.5, 0.6) is 11.5 Å². The second-order valence-corrected chi connectivity index (χ2v) is 15.0. The normalized spacial score (nSPS) is 12.3. The van der Waals surface area contributed by atoms with Crippen LogP contribution in [0, 0.1) is 0 Å². The molecule has 0 spiro atoms. The molecular weight excluding hydrogens is 740 g/mol. The first kappa shape index (κ1) is 45.4. The van der Waals surface area contributed by atoms with Crippen LogP contribution in [-0.4, -0.2) is 80.2 Å². The molecule has 0 fully saturated rings. The van der Waals surface area contributed by atoms with Gasteiger partial charge in [-0.1, -0.05) is 36.4 Å². The van der Waals surface area contributed by atoms with Crippen molar-refractivity contribution in [2.75, 3.05) is 21.0 Å². The van der Waals surface area contributed by atoms with E-state index < -0.39 is 59.2 Å². The van der Waals surface area contributed by atoms with E-state index in [0.717, 1.165) is 12.7 Å². The van der Waals surface area contributed by atoms with Crippen LogP contribution in [0.1, 0.15) is 82.4 Å². The Balaban J connectivity index is 2.17. The summed E-state index contributed by atoms with van der Waals surface area (Å²) < 4.78 is 38.1. The lowest BCUT2D eigenvalue weighted by atomic mass is 9.91. The highest BCUT2D eigenvalue weighted by atomic mass is 16.7. The van der Waals surface area contributed by atoms with Gasteiger partial charge >= 0.3 is 30.1 Å². The highest BCUT2D eigenvalue weighted by molar-refractivity contribution is 6.01. The first-order valence-electron chi connectivity index (χ1n) is 18.1. The third-order valence-corrected chi connectivity index (χ3v) is 7.69. The molecule has 3 aromatic carbocycles. The zero-order chi connectivity index (χ0) is 42.5. The Bertz CT molecular complexity index is 1910. The Labute approximate surface area is 332 Å². The van der Waals surface area contributed by atoms with Crippen molar-refractivity contribution in [2.45, 2.75) is 98.1 Å². The molecule has 2 amide bonds. The van der Waals surface area contributed by atoms with Gasteiger partial charge in [0.25, 0.3) is 0 Å². The van der Waals surface area contributed by atoms with E-state index in [0.29, 0.717) is 11.1 Å². The first-order chi connectivity index (χ1) is 26.7. The van der Waals surface area contributed by atoms with Crippen LogP contribution in [0.15, 0.2) is 60.7 Å². The number of carbonyl (C=O) groups is 6. The Morgan fingerprint density at radius 2 is 1.26 bits per heavy atom. The summed E-state index contributed by atoms with van der Waals surface area (Å²) >= 11 is 0. The fourth-order valence-corrected chi connectivity index (χ4v) is 5.41. The summed E-state index contributed by atoms with van der Waals surface area (Å²) in [6.07, 6.45) is -2.00. The maximum atomic E-state index is 13.4. The lowest BCUT2D eigenvalue weighted by Gasteiger charge is -2.26. The summed E-state index contributed by atoms with van der Waals surface area (Å²) in [4.78, 5) is 77.8. The van der Waals surface area contributed by atoms with Crippen molar-refractivity contribution in [2.24, 2.45) is 0 Å². The van der Waals surface area contributed by atoms with Crippen molar-refractivity contribution in [1.29, 1.82) is 0 Å². The van der Waals surface area contributed by atoms with Gasteiger partial charge in [0.1, 0.15) is 41.4 Å². The number of ether oxygens (including phenoxy) is 7. The number of nitrogens with one attached hydrogen (secondary N) is 2. The minimum absolute atomic E-state index is 0.0192. The zero-order valence-electron chi connectivity index (χ0n) is 34.1. The molecule has 57 heavy (non-hydrogen) atoms. The summed E-state index contributed by atoms with van der Waals surface area (Å²) in [6.45, 7) is 12.3. The molecule has 3 rings (SSSR count). The number of Topliss-reactive ketones (excluding diaryl/α,β-unsaturated/α-hetero) is 1. The van der Waals surface area contributed by atoms with Crippen molar-refractivity contribution >= 4 is 35.9 Å². The molecule has 0 saturated carbocycles. The van der Waals surface area contributed by atoms with Gasteiger partial charge in [-0.2, -0.15) is 0 Å². The number of ketones is 1. The van der Waals surface area contributed by atoms with Crippen LogP contribution in [-0.2, 0) is 57.5 Å². The lowest BCUT2D eigenvalue weighted by molar-refractivity contribution is -0.157. The third kappa shape index (κ3) is 14.9. The van der Waals surface area contributed by atoms with Crippen molar-refractivity contribution in [3.05, 3.63) is 82.9 Å². The van der Waals surface area contributed by atoms with E-state index in [1.54, 1.807) is 90.1 Å². The monoisotopic (exact) mass is 792 g/mol. The molecule has 0 aromatic heterocycles. The number of rotatable bonds is 16. The number of amides is 2. The number of esters is 3. The fraction of sp³-hybridized carbons (Fsp3) is 0.429. The summed E-state index contributed by atoms with van der Waals surface area (Å²) in [5.41, 5.74) is 0.284. The van der Waals surface area contributed by atoms with Crippen molar-refractivity contribution in [3.8, 4) is 22.6 Å². The highest BCUT2D eigenvalue weighted by Crippen LogP contribution is 2.41. The van der Waals surface area contributed by atoms with Gasteiger partial charge in [0, 0.05) is 38.0 Å². The Hall–Kier alpha value is -5.96. The van der Waals surface area contributed by atoms with Gasteiger partial charge in [-0.25, -0.2) is 19.2 Å². The van der Waals surface area contributed by atoms with Crippen LogP contribution in [0.2, 0.25) is 0 Å². The second kappa shape index (κ2) is 20.3. The van der Waals surface area contributed by atoms with Gasteiger partial charge in [0.2, 0.25) is 0 Å². The van der Waals surface area contributed by atoms with Crippen LogP contribution >= 0.6 is 0 Å². The van der Waals surface area contributed by atoms with Crippen molar-refractivity contribution < 1.29 is 61.9 Å². The summed E-state index contributed by atoms with van der Waals surface area (Å²) in [5, 5.41) is 5.14. The van der Waals surface area contributed by atoms with Crippen LogP contribution in [0.25, 0.3) is 11.1 Å². The molecule has 0 bridgehead atoms. The lowest BCUT2D eigenvalue weighted by Crippen LogP contribution is -2.47. The third-order valence-electron chi connectivity index (χ3n) is 7.69. The molecule has 2 atom stereocenters. The Kier molecular flexibility index (Phi) is 16.2. The minimum Gasteiger partial charge on any atom is -0.467 e. The maximum Gasteiger partial charge on any atom is 0.408 e. The first-order valence-corrected chi connectivity index (χ1v) is 18.1. The number of hydrogen-bond donors (Lipinski definition) is 2. The number of hydrogen-bond acceptors (Lipinski definition) is 13. The SMILES string of the molecule is COCOc1ccc(C[C@H](NC(=O)OC(C)(C)C)C(=O)OC(C)(C)C)cc1-c1cc(C[C@H](NC(=O)OCc2ccccc2)C(=O)OC)cc(C(C)=O)c1OC(C)=O. The van der Waals surface area contributed by atoms with E-state index >= 15 is 0 Å². The molecule has 0 aliphatic carbocycles. The molecule has 0 aliphatic rings. The van der Waals surface area contributed by atoms with Gasteiger partial charge in [0.15, 0.2) is 12.6 Å². The molecule has 3 aromatic rings. The van der Waals surface area contributed by atoms with E-state index in [-0.39, 0.29) is 54.4 Å². The molecule has 0 radical (unpaired) electrons. The molecule has 308 valence electrons. The fourth-order valence-electron chi connectivity index (χ4n) is 5.41. The molecule has 0 saturated heterocycles. The van der Waals surface area contributed by atoms with Gasteiger partial charge in [-0.05, 0) is 89.4 Å². The summed E-state index contributed by atoms with van der Waals surface area (Å²) in [5.74, 6) is -2.62. The van der Waals surface area contributed by atoms with E-state index in [9.17, 15) is 28.8 Å². The standard InChI is InChI=1S/C42H52N2O13/c1-25(45)30-19-29(22-33(37(47)52-10)43-39(49)53-23-27-14-12-11-13-15-27)20-32(36(30)55-26(2)46)31-18-28(16-17-35(31)54-24-51-9)21-34(38(48)56-41(3,4)5)44-40(50)57-42(6,7)8/h11-20,33-34H,21-24H2,1-10H3,(H,43,49)(H,44,50)/t33-,34-/m0/s1. The predicted molar refractivity (Wildman–Crippen MR) is 208 cm³/mol.